The smallest absolute Gasteiger partial charge is 0.263 e. The van der Waals surface area contributed by atoms with Crippen LogP contribution in [0.1, 0.15) is 0 Å². The van der Waals surface area contributed by atoms with E-state index in [9.17, 15) is 13.5 Å². The molecule has 1 fully saturated rings. The number of aromatic nitrogens is 2. The lowest BCUT2D eigenvalue weighted by Gasteiger charge is -2.35. The molecule has 0 radical (unpaired) electrons. The van der Waals surface area contributed by atoms with Gasteiger partial charge in [0, 0.05) is 38.9 Å². The molecule has 1 aliphatic rings. The van der Waals surface area contributed by atoms with Gasteiger partial charge in [-0.3, -0.25) is 0 Å². The monoisotopic (exact) mass is 356 g/mol. The number of benzene rings is 1. The van der Waals surface area contributed by atoms with Crippen LogP contribution in [-0.2, 0) is 17.1 Å². The van der Waals surface area contributed by atoms with Crippen molar-refractivity contribution in [3.63, 3.8) is 0 Å². The molecule has 0 saturated carbocycles. The first-order chi connectivity index (χ1) is 10.9. The van der Waals surface area contributed by atoms with Gasteiger partial charge in [0.1, 0.15) is 10.9 Å². The highest BCUT2D eigenvalue weighted by atomic mass is 35.5. The summed E-state index contributed by atoms with van der Waals surface area (Å²) in [7, 11) is -2.03. The summed E-state index contributed by atoms with van der Waals surface area (Å²) in [5, 5.41) is 9.35. The first-order valence-electron chi connectivity index (χ1n) is 7.10. The van der Waals surface area contributed by atoms with Crippen LogP contribution in [0.15, 0.2) is 35.6 Å². The molecule has 0 atom stereocenters. The van der Waals surface area contributed by atoms with Gasteiger partial charge in [-0.15, -0.1) is 0 Å². The van der Waals surface area contributed by atoms with Crippen LogP contribution in [0.4, 0.5) is 5.69 Å². The maximum Gasteiger partial charge on any atom is 0.263 e. The number of hydrogen-bond donors (Lipinski definition) is 1. The number of piperazine rings is 1. The molecule has 2 aromatic rings. The van der Waals surface area contributed by atoms with Crippen LogP contribution < -0.4 is 4.90 Å². The standard InChI is InChI=1S/C14H17ClN4O3S/c1-17-10-16-14(13(17)15)23(21,22)19-8-6-18(7-9-19)11-2-4-12(20)5-3-11/h2-5,10,20H,6-9H2,1H3. The van der Waals surface area contributed by atoms with Crippen molar-refractivity contribution in [3.8, 4) is 5.75 Å². The third-order valence-electron chi connectivity index (χ3n) is 3.87. The van der Waals surface area contributed by atoms with Crippen molar-refractivity contribution in [2.24, 2.45) is 7.05 Å². The number of nitrogens with zero attached hydrogens (tertiary/aromatic N) is 4. The SMILES string of the molecule is Cn1cnc(S(=O)(=O)N2CCN(c3ccc(O)cc3)CC2)c1Cl. The van der Waals surface area contributed by atoms with E-state index >= 15 is 0 Å². The Morgan fingerprint density at radius 1 is 1.13 bits per heavy atom. The molecule has 7 nitrogen and oxygen atoms in total. The van der Waals surface area contributed by atoms with Crippen LogP contribution >= 0.6 is 11.6 Å². The van der Waals surface area contributed by atoms with E-state index in [1.165, 1.54) is 15.2 Å². The molecule has 0 amide bonds. The quantitative estimate of drug-likeness (QED) is 0.896. The van der Waals surface area contributed by atoms with E-state index in [1.54, 1.807) is 19.2 Å². The Kier molecular flexibility index (Phi) is 4.22. The summed E-state index contributed by atoms with van der Waals surface area (Å²) < 4.78 is 28.1. The lowest BCUT2D eigenvalue weighted by atomic mass is 10.2. The molecule has 1 aliphatic heterocycles. The van der Waals surface area contributed by atoms with E-state index in [2.05, 4.69) is 9.88 Å². The summed E-state index contributed by atoms with van der Waals surface area (Å²) in [4.78, 5) is 5.98. The highest BCUT2D eigenvalue weighted by Gasteiger charge is 2.32. The van der Waals surface area contributed by atoms with Crippen LogP contribution in [0.2, 0.25) is 5.15 Å². The Morgan fingerprint density at radius 2 is 1.74 bits per heavy atom. The van der Waals surface area contributed by atoms with Gasteiger partial charge in [-0.1, -0.05) is 11.6 Å². The molecule has 1 saturated heterocycles. The molecule has 1 aromatic heterocycles. The molecule has 3 rings (SSSR count). The minimum Gasteiger partial charge on any atom is -0.508 e. The molecule has 1 aromatic carbocycles. The van der Waals surface area contributed by atoms with Crippen molar-refractivity contribution >= 4 is 27.3 Å². The predicted molar refractivity (Wildman–Crippen MR) is 87.3 cm³/mol. The highest BCUT2D eigenvalue weighted by molar-refractivity contribution is 7.89. The Bertz CT molecular complexity index is 796. The number of rotatable bonds is 3. The first-order valence-corrected chi connectivity index (χ1v) is 8.92. The lowest BCUT2D eigenvalue weighted by molar-refractivity contribution is 0.383. The minimum absolute atomic E-state index is 0.0975. The fourth-order valence-electron chi connectivity index (χ4n) is 2.54. The Hall–Kier alpha value is -1.77. The van der Waals surface area contributed by atoms with Gasteiger partial charge in [-0.25, -0.2) is 13.4 Å². The fourth-order valence-corrected chi connectivity index (χ4v) is 4.35. The normalized spacial score (nSPS) is 16.7. The van der Waals surface area contributed by atoms with Crippen LogP contribution in [0.3, 0.4) is 0 Å². The Labute approximate surface area is 139 Å². The third kappa shape index (κ3) is 3.01. The summed E-state index contributed by atoms with van der Waals surface area (Å²) >= 11 is 6.01. The molecule has 23 heavy (non-hydrogen) atoms. The number of aromatic hydroxyl groups is 1. The summed E-state index contributed by atoms with van der Waals surface area (Å²) in [5.74, 6) is 0.208. The lowest BCUT2D eigenvalue weighted by Crippen LogP contribution is -2.48. The number of anilines is 1. The predicted octanol–water partition coefficient (Wildman–Crippen LogP) is 1.29. The van der Waals surface area contributed by atoms with Gasteiger partial charge in [0.15, 0.2) is 0 Å². The van der Waals surface area contributed by atoms with Crippen molar-refractivity contribution < 1.29 is 13.5 Å². The van der Waals surface area contributed by atoms with Crippen LogP contribution in [0, 0.1) is 0 Å². The van der Waals surface area contributed by atoms with Gasteiger partial charge >= 0.3 is 0 Å². The van der Waals surface area contributed by atoms with Crippen molar-refractivity contribution in [2.45, 2.75) is 5.03 Å². The number of phenols is 1. The largest absolute Gasteiger partial charge is 0.508 e. The van der Waals surface area contributed by atoms with Gasteiger partial charge in [-0.05, 0) is 24.3 Å². The molecule has 2 heterocycles. The van der Waals surface area contributed by atoms with Gasteiger partial charge in [0.05, 0.1) is 6.33 Å². The van der Waals surface area contributed by atoms with E-state index in [0.717, 1.165) is 5.69 Å². The van der Waals surface area contributed by atoms with Crippen molar-refractivity contribution in [3.05, 3.63) is 35.7 Å². The minimum atomic E-state index is -3.68. The average Bonchev–Trinajstić information content (AvgIpc) is 2.88. The van der Waals surface area contributed by atoms with E-state index in [0.29, 0.717) is 26.2 Å². The average molecular weight is 357 g/mol. The van der Waals surface area contributed by atoms with Gasteiger partial charge in [0.2, 0.25) is 5.03 Å². The number of halogens is 1. The Balaban J connectivity index is 1.73. The number of hydrogen-bond acceptors (Lipinski definition) is 5. The first kappa shape index (κ1) is 16.1. The van der Waals surface area contributed by atoms with E-state index in [4.69, 9.17) is 11.6 Å². The van der Waals surface area contributed by atoms with Gasteiger partial charge in [-0.2, -0.15) is 4.31 Å². The summed E-state index contributed by atoms with van der Waals surface area (Å²) in [6.45, 7) is 1.84. The van der Waals surface area contributed by atoms with Crippen LogP contribution in [-0.4, -0.2) is 53.6 Å². The third-order valence-corrected chi connectivity index (χ3v) is 6.26. The summed E-state index contributed by atoms with van der Waals surface area (Å²) in [6.07, 6.45) is 1.39. The molecule has 0 aliphatic carbocycles. The molecule has 9 heteroatoms. The molecule has 0 spiro atoms. The molecule has 0 unspecified atom stereocenters. The van der Waals surface area contributed by atoms with Crippen molar-refractivity contribution in [1.82, 2.24) is 13.9 Å². The topological polar surface area (TPSA) is 78.7 Å². The fraction of sp³-hybridized carbons (Fsp3) is 0.357. The van der Waals surface area contributed by atoms with E-state index < -0.39 is 10.0 Å². The zero-order valence-electron chi connectivity index (χ0n) is 12.6. The molecular formula is C14H17ClN4O3S. The van der Waals surface area contributed by atoms with Crippen molar-refractivity contribution in [2.75, 3.05) is 31.1 Å². The van der Waals surface area contributed by atoms with E-state index in [1.807, 2.05) is 12.1 Å². The summed E-state index contributed by atoms with van der Waals surface area (Å²) in [5.41, 5.74) is 0.954. The maximum atomic E-state index is 12.6. The zero-order chi connectivity index (χ0) is 16.6. The van der Waals surface area contributed by atoms with Crippen LogP contribution in [0.5, 0.6) is 5.75 Å². The zero-order valence-corrected chi connectivity index (χ0v) is 14.1. The second-order valence-electron chi connectivity index (χ2n) is 5.36. The molecule has 1 N–H and O–H groups in total. The number of sulfonamides is 1. The van der Waals surface area contributed by atoms with Gasteiger partial charge in [0.25, 0.3) is 10.0 Å². The number of phenolic OH excluding ortho intramolecular Hbond substituents is 1. The molecule has 0 bridgehead atoms. The number of imidazole rings is 1. The molecule has 124 valence electrons. The van der Waals surface area contributed by atoms with Gasteiger partial charge < -0.3 is 14.6 Å². The van der Waals surface area contributed by atoms with E-state index in [-0.39, 0.29) is 15.9 Å². The highest BCUT2D eigenvalue weighted by Crippen LogP contribution is 2.25. The Morgan fingerprint density at radius 3 is 2.26 bits per heavy atom. The summed E-state index contributed by atoms with van der Waals surface area (Å²) in [6, 6.07) is 6.86. The second-order valence-corrected chi connectivity index (χ2v) is 7.57. The second kappa shape index (κ2) is 6.03. The maximum absolute atomic E-state index is 12.6. The number of aryl methyl sites for hydroxylation is 1. The van der Waals surface area contributed by atoms with Crippen molar-refractivity contribution in [1.29, 1.82) is 0 Å². The van der Waals surface area contributed by atoms with Crippen LogP contribution in [0.25, 0.3) is 0 Å². The molecular weight excluding hydrogens is 340 g/mol.